The molecule has 0 aromatic carbocycles. The Morgan fingerprint density at radius 1 is 0.941 bits per heavy atom. The van der Waals surface area contributed by atoms with Crippen molar-refractivity contribution in [2.24, 2.45) is 5.41 Å². The first-order valence-corrected chi connectivity index (χ1v) is 7.57. The Hall–Kier alpha value is 0.270. The van der Waals surface area contributed by atoms with Crippen molar-refractivity contribution in [2.75, 3.05) is 46.5 Å². The maximum Gasteiger partial charge on any atom is 0.0106 e. The predicted octanol–water partition coefficient (Wildman–Crippen LogP) is 3.00. The van der Waals surface area contributed by atoms with Crippen molar-refractivity contribution in [2.45, 2.75) is 39.5 Å². The van der Waals surface area contributed by atoms with Crippen LogP contribution in [0.5, 0.6) is 0 Å². The second-order valence-corrected chi connectivity index (χ2v) is 6.02. The number of nitrogens with zero attached hydrogens (tertiary/aromatic N) is 2. The molecule has 0 bridgehead atoms. The van der Waals surface area contributed by atoms with E-state index in [0.717, 1.165) is 18.8 Å². The molecule has 0 aromatic heterocycles. The summed E-state index contributed by atoms with van der Waals surface area (Å²) >= 11 is 4.62. The van der Waals surface area contributed by atoms with Gasteiger partial charge in [-0.25, -0.2) is 0 Å². The first kappa shape index (κ1) is 17.3. The summed E-state index contributed by atoms with van der Waals surface area (Å²) in [6.45, 7) is 8.04. The number of hydrogen-bond donors (Lipinski definition) is 1. The van der Waals surface area contributed by atoms with Gasteiger partial charge < -0.3 is 9.80 Å². The maximum atomic E-state index is 4.62. The van der Waals surface area contributed by atoms with Gasteiger partial charge in [-0.2, -0.15) is 12.6 Å². The van der Waals surface area contributed by atoms with Crippen LogP contribution in [0.15, 0.2) is 0 Å². The van der Waals surface area contributed by atoms with Crippen LogP contribution in [0.4, 0.5) is 0 Å². The number of rotatable bonds is 10. The fourth-order valence-corrected chi connectivity index (χ4v) is 2.99. The molecule has 0 saturated heterocycles. The van der Waals surface area contributed by atoms with Gasteiger partial charge in [-0.15, -0.1) is 0 Å². The first-order valence-electron chi connectivity index (χ1n) is 6.93. The molecule has 0 N–H and O–H groups in total. The molecular weight excluding hydrogens is 228 g/mol. The molecule has 0 aromatic rings. The van der Waals surface area contributed by atoms with E-state index in [4.69, 9.17) is 0 Å². The van der Waals surface area contributed by atoms with E-state index in [1.807, 2.05) is 0 Å². The molecule has 0 amide bonds. The van der Waals surface area contributed by atoms with E-state index in [1.54, 1.807) is 0 Å². The number of likely N-dealkylation sites (N-methyl/N-ethyl adjacent to an activating group) is 2. The van der Waals surface area contributed by atoms with Crippen molar-refractivity contribution in [3.8, 4) is 0 Å². The minimum atomic E-state index is 0.424. The third kappa shape index (κ3) is 7.32. The van der Waals surface area contributed by atoms with E-state index in [2.05, 4.69) is 57.4 Å². The van der Waals surface area contributed by atoms with Crippen molar-refractivity contribution >= 4 is 12.6 Å². The lowest BCUT2D eigenvalue weighted by Crippen LogP contribution is -2.39. The third-order valence-corrected chi connectivity index (χ3v) is 4.10. The van der Waals surface area contributed by atoms with Crippen LogP contribution in [0.2, 0.25) is 0 Å². The van der Waals surface area contributed by atoms with Crippen LogP contribution in [0.25, 0.3) is 0 Å². The summed E-state index contributed by atoms with van der Waals surface area (Å²) in [4.78, 5) is 4.72. The molecule has 17 heavy (non-hydrogen) atoms. The summed E-state index contributed by atoms with van der Waals surface area (Å²) in [5.41, 5.74) is 0.424. The van der Waals surface area contributed by atoms with Crippen molar-refractivity contribution in [3.05, 3.63) is 0 Å². The van der Waals surface area contributed by atoms with Crippen LogP contribution in [-0.4, -0.2) is 56.3 Å². The van der Waals surface area contributed by atoms with Gasteiger partial charge in [0.25, 0.3) is 0 Å². The van der Waals surface area contributed by atoms with E-state index in [-0.39, 0.29) is 0 Å². The zero-order chi connectivity index (χ0) is 13.3. The van der Waals surface area contributed by atoms with Gasteiger partial charge in [0.2, 0.25) is 0 Å². The lowest BCUT2D eigenvalue weighted by molar-refractivity contribution is 0.161. The first-order chi connectivity index (χ1) is 7.99. The highest BCUT2D eigenvalue weighted by Gasteiger charge is 2.28. The van der Waals surface area contributed by atoms with Crippen LogP contribution in [-0.2, 0) is 0 Å². The molecule has 0 heterocycles. The van der Waals surface area contributed by atoms with E-state index < -0.39 is 0 Å². The minimum Gasteiger partial charge on any atom is -0.308 e. The molecule has 0 spiro atoms. The van der Waals surface area contributed by atoms with Crippen LogP contribution in [0.3, 0.4) is 0 Å². The molecule has 0 aliphatic carbocycles. The second kappa shape index (κ2) is 9.23. The zero-order valence-corrected chi connectivity index (χ0v) is 13.4. The van der Waals surface area contributed by atoms with Crippen molar-refractivity contribution in [1.82, 2.24) is 9.80 Å². The normalized spacial score (nSPS) is 12.7. The topological polar surface area (TPSA) is 6.48 Å². The summed E-state index contributed by atoms with van der Waals surface area (Å²) in [6, 6.07) is 0. The van der Waals surface area contributed by atoms with Gasteiger partial charge >= 0.3 is 0 Å². The van der Waals surface area contributed by atoms with Gasteiger partial charge in [0, 0.05) is 19.6 Å². The Kier molecular flexibility index (Phi) is 9.38. The fraction of sp³-hybridized carbons (Fsp3) is 1.00. The molecular formula is C14H32N2S. The van der Waals surface area contributed by atoms with Gasteiger partial charge in [-0.05, 0) is 45.2 Å². The predicted molar refractivity (Wildman–Crippen MR) is 82.2 cm³/mol. The summed E-state index contributed by atoms with van der Waals surface area (Å²) in [6.07, 6.45) is 5.14. The summed E-state index contributed by atoms with van der Waals surface area (Å²) in [5.74, 6) is 1.01. The molecule has 0 aliphatic rings. The lowest BCUT2D eigenvalue weighted by Gasteiger charge is -2.36. The summed E-state index contributed by atoms with van der Waals surface area (Å²) in [5, 5.41) is 0. The van der Waals surface area contributed by atoms with Crippen molar-refractivity contribution in [1.29, 1.82) is 0 Å². The molecule has 104 valence electrons. The minimum absolute atomic E-state index is 0.424. The van der Waals surface area contributed by atoms with Crippen LogP contribution in [0.1, 0.15) is 39.5 Å². The van der Waals surface area contributed by atoms with E-state index in [1.165, 1.54) is 32.2 Å². The SMILES string of the molecule is CCCC(CS)(CCC)CN(C)CCN(C)C. The Labute approximate surface area is 114 Å². The van der Waals surface area contributed by atoms with Gasteiger partial charge in [-0.1, -0.05) is 26.7 Å². The van der Waals surface area contributed by atoms with Crippen LogP contribution < -0.4 is 0 Å². The van der Waals surface area contributed by atoms with Crippen molar-refractivity contribution < 1.29 is 0 Å². The van der Waals surface area contributed by atoms with Gasteiger partial charge in [0.05, 0.1) is 0 Å². The van der Waals surface area contributed by atoms with E-state index in [9.17, 15) is 0 Å². The Morgan fingerprint density at radius 3 is 1.82 bits per heavy atom. The maximum absolute atomic E-state index is 4.62. The molecule has 0 aliphatic heterocycles. The molecule has 0 fully saturated rings. The van der Waals surface area contributed by atoms with Gasteiger partial charge in [0.1, 0.15) is 0 Å². The monoisotopic (exact) mass is 260 g/mol. The molecule has 0 atom stereocenters. The average Bonchev–Trinajstić information content (AvgIpc) is 2.27. The molecule has 0 rings (SSSR count). The average molecular weight is 260 g/mol. The molecule has 0 radical (unpaired) electrons. The fourth-order valence-electron chi connectivity index (χ4n) is 2.57. The van der Waals surface area contributed by atoms with Gasteiger partial charge in [-0.3, -0.25) is 0 Å². The van der Waals surface area contributed by atoms with Crippen LogP contribution in [0, 0.1) is 5.41 Å². The zero-order valence-electron chi connectivity index (χ0n) is 12.5. The Morgan fingerprint density at radius 2 is 1.47 bits per heavy atom. The highest BCUT2D eigenvalue weighted by atomic mass is 32.1. The smallest absolute Gasteiger partial charge is 0.0106 e. The van der Waals surface area contributed by atoms with Crippen molar-refractivity contribution in [3.63, 3.8) is 0 Å². The highest BCUT2D eigenvalue weighted by molar-refractivity contribution is 7.80. The molecule has 2 nitrogen and oxygen atoms in total. The molecule has 3 heteroatoms. The highest BCUT2D eigenvalue weighted by Crippen LogP contribution is 2.32. The Bertz CT molecular complexity index is 177. The van der Waals surface area contributed by atoms with E-state index >= 15 is 0 Å². The quantitative estimate of drug-likeness (QED) is 0.603. The number of hydrogen-bond acceptors (Lipinski definition) is 3. The Balaban J connectivity index is 4.29. The lowest BCUT2D eigenvalue weighted by atomic mass is 9.80. The summed E-state index contributed by atoms with van der Waals surface area (Å²) in [7, 11) is 6.52. The third-order valence-electron chi connectivity index (χ3n) is 3.43. The van der Waals surface area contributed by atoms with E-state index in [0.29, 0.717) is 5.41 Å². The largest absolute Gasteiger partial charge is 0.308 e. The second-order valence-electron chi connectivity index (χ2n) is 5.70. The standard InChI is InChI=1S/C14H32N2S/c1-6-8-14(13-17,9-7-2)12-16(5)11-10-15(3)4/h17H,6-13H2,1-5H3. The molecule has 0 saturated carbocycles. The van der Waals surface area contributed by atoms with Crippen LogP contribution >= 0.6 is 12.6 Å². The van der Waals surface area contributed by atoms with Gasteiger partial charge in [0.15, 0.2) is 0 Å². The number of thiol groups is 1. The summed E-state index contributed by atoms with van der Waals surface area (Å²) < 4.78 is 0. The molecule has 0 unspecified atom stereocenters.